The van der Waals surface area contributed by atoms with Gasteiger partial charge in [0.2, 0.25) is 0 Å². The Balaban J connectivity index is 1.52. The molecular weight excluding hydrogens is 581 g/mol. The SMILES string of the molecule is CC(C)(C)OC(=O)c1cnc(OCc2cccc(C(F)(F)F)c2)nc1N1CC(c2ccccc2)C(c2ccc(Cl)cc2)=N1. The van der Waals surface area contributed by atoms with Crippen LogP contribution in [0, 0.1) is 0 Å². The summed E-state index contributed by atoms with van der Waals surface area (Å²) in [5, 5.41) is 7.06. The molecule has 0 aliphatic carbocycles. The highest BCUT2D eigenvalue weighted by Gasteiger charge is 2.34. The molecule has 5 rings (SSSR count). The Morgan fingerprint density at radius 1 is 1.00 bits per heavy atom. The maximum atomic E-state index is 13.3. The molecule has 11 heteroatoms. The standard InChI is InChI=1S/C32H28ClF3N4O3/c1-31(2,3)43-29(41)25-17-37-30(42-19-20-8-7-11-23(16-20)32(34,35)36)38-28(25)40-18-26(21-9-5-4-6-10-21)27(39-40)22-12-14-24(33)15-13-22/h4-17,26H,18-19H2,1-3H3. The predicted octanol–water partition coefficient (Wildman–Crippen LogP) is 7.69. The van der Waals surface area contributed by atoms with Crippen molar-refractivity contribution in [3.8, 4) is 6.01 Å². The molecular formula is C32H28ClF3N4O3. The molecule has 1 aliphatic heterocycles. The van der Waals surface area contributed by atoms with Crippen LogP contribution in [0.2, 0.25) is 5.02 Å². The van der Waals surface area contributed by atoms with E-state index in [0.29, 0.717) is 11.6 Å². The largest absolute Gasteiger partial charge is 0.459 e. The van der Waals surface area contributed by atoms with Crippen molar-refractivity contribution in [1.29, 1.82) is 0 Å². The van der Waals surface area contributed by atoms with E-state index >= 15 is 0 Å². The number of nitrogens with zero attached hydrogens (tertiary/aromatic N) is 4. The molecule has 0 saturated carbocycles. The van der Waals surface area contributed by atoms with Crippen molar-refractivity contribution >= 4 is 29.1 Å². The molecule has 0 amide bonds. The zero-order valence-corrected chi connectivity index (χ0v) is 24.4. The molecule has 4 aromatic rings. The van der Waals surface area contributed by atoms with Crippen LogP contribution in [0.25, 0.3) is 0 Å². The molecule has 0 spiro atoms. The van der Waals surface area contributed by atoms with Gasteiger partial charge in [-0.3, -0.25) is 0 Å². The molecule has 7 nitrogen and oxygen atoms in total. The van der Waals surface area contributed by atoms with Crippen molar-refractivity contribution in [2.75, 3.05) is 11.6 Å². The number of rotatable bonds is 7. The number of halogens is 4. The van der Waals surface area contributed by atoms with Gasteiger partial charge < -0.3 is 9.47 Å². The van der Waals surface area contributed by atoms with Crippen LogP contribution in [0.5, 0.6) is 6.01 Å². The van der Waals surface area contributed by atoms with Gasteiger partial charge in [0.1, 0.15) is 17.8 Å². The van der Waals surface area contributed by atoms with Gasteiger partial charge in [0, 0.05) is 10.9 Å². The van der Waals surface area contributed by atoms with Crippen molar-refractivity contribution in [1.82, 2.24) is 9.97 Å². The summed E-state index contributed by atoms with van der Waals surface area (Å²) in [5.41, 5.74) is 1.36. The van der Waals surface area contributed by atoms with E-state index < -0.39 is 23.3 Å². The second-order valence-corrected chi connectivity index (χ2v) is 11.4. The summed E-state index contributed by atoms with van der Waals surface area (Å²) >= 11 is 6.14. The summed E-state index contributed by atoms with van der Waals surface area (Å²) in [5.74, 6) is -0.690. The zero-order valence-electron chi connectivity index (χ0n) is 23.6. The fourth-order valence-electron chi connectivity index (χ4n) is 4.55. The molecule has 1 atom stereocenters. The van der Waals surface area contributed by atoms with Crippen LogP contribution >= 0.6 is 11.6 Å². The molecule has 0 saturated heterocycles. The van der Waals surface area contributed by atoms with E-state index in [1.165, 1.54) is 18.3 Å². The first-order chi connectivity index (χ1) is 20.4. The number of aromatic nitrogens is 2. The quantitative estimate of drug-likeness (QED) is 0.200. The number of benzene rings is 3. The van der Waals surface area contributed by atoms with E-state index in [1.807, 2.05) is 42.5 Å². The lowest BCUT2D eigenvalue weighted by molar-refractivity contribution is -0.137. The number of ether oxygens (including phenoxy) is 2. The Morgan fingerprint density at radius 2 is 1.72 bits per heavy atom. The van der Waals surface area contributed by atoms with E-state index in [-0.39, 0.29) is 35.5 Å². The summed E-state index contributed by atoms with van der Waals surface area (Å²) in [4.78, 5) is 21.9. The van der Waals surface area contributed by atoms with Gasteiger partial charge in [0.25, 0.3) is 0 Å². The number of hydrazone groups is 1. The lowest BCUT2D eigenvalue weighted by Crippen LogP contribution is -2.27. The van der Waals surface area contributed by atoms with Gasteiger partial charge in [-0.15, -0.1) is 0 Å². The van der Waals surface area contributed by atoms with Gasteiger partial charge in [0.05, 0.1) is 24.0 Å². The third-order valence-corrected chi connectivity index (χ3v) is 6.74. The number of carbonyl (C=O) groups excluding carboxylic acids is 1. The summed E-state index contributed by atoms with van der Waals surface area (Å²) in [6.45, 7) is 5.35. The second kappa shape index (κ2) is 12.0. The minimum atomic E-state index is -4.49. The third-order valence-electron chi connectivity index (χ3n) is 6.49. The fourth-order valence-corrected chi connectivity index (χ4v) is 4.67. The number of anilines is 1. The van der Waals surface area contributed by atoms with E-state index in [2.05, 4.69) is 9.97 Å². The minimum Gasteiger partial charge on any atom is -0.459 e. The Kier molecular flexibility index (Phi) is 8.41. The van der Waals surface area contributed by atoms with Crippen molar-refractivity contribution in [2.45, 2.75) is 45.1 Å². The Labute approximate surface area is 251 Å². The van der Waals surface area contributed by atoms with Gasteiger partial charge in [0.15, 0.2) is 5.82 Å². The molecule has 2 heterocycles. The molecule has 0 fully saturated rings. The van der Waals surface area contributed by atoms with Crippen LogP contribution in [0.3, 0.4) is 0 Å². The maximum Gasteiger partial charge on any atom is 0.416 e. The van der Waals surface area contributed by atoms with Gasteiger partial charge in [-0.05, 0) is 61.7 Å². The van der Waals surface area contributed by atoms with Gasteiger partial charge >= 0.3 is 18.2 Å². The first kappa shape index (κ1) is 30.0. The number of alkyl halides is 3. The van der Waals surface area contributed by atoms with Crippen molar-refractivity contribution in [2.24, 2.45) is 5.10 Å². The lowest BCUT2D eigenvalue weighted by Gasteiger charge is -2.22. The molecule has 1 aromatic heterocycles. The predicted molar refractivity (Wildman–Crippen MR) is 157 cm³/mol. The molecule has 3 aromatic carbocycles. The van der Waals surface area contributed by atoms with Gasteiger partial charge in [-0.2, -0.15) is 23.3 Å². The Morgan fingerprint density at radius 3 is 2.40 bits per heavy atom. The Hall–Kier alpha value is -4.44. The topological polar surface area (TPSA) is 76.9 Å². The average molecular weight is 609 g/mol. The fraction of sp³-hybridized carbons (Fsp3) is 0.250. The maximum absolute atomic E-state index is 13.3. The summed E-state index contributed by atoms with van der Waals surface area (Å²) in [6.07, 6.45) is -3.20. The van der Waals surface area contributed by atoms with Crippen molar-refractivity contribution in [3.63, 3.8) is 0 Å². The smallest absolute Gasteiger partial charge is 0.416 e. The lowest BCUT2D eigenvalue weighted by atomic mass is 9.91. The number of hydrogen-bond acceptors (Lipinski definition) is 7. The monoisotopic (exact) mass is 608 g/mol. The highest BCUT2D eigenvalue weighted by Crippen LogP contribution is 2.34. The summed E-state index contributed by atoms with van der Waals surface area (Å²) < 4.78 is 50.9. The van der Waals surface area contributed by atoms with Crippen LogP contribution in [0.1, 0.15) is 59.3 Å². The second-order valence-electron chi connectivity index (χ2n) is 10.9. The van der Waals surface area contributed by atoms with E-state index in [0.717, 1.165) is 29.0 Å². The van der Waals surface area contributed by atoms with Crippen molar-refractivity contribution in [3.05, 3.63) is 118 Å². The molecule has 1 unspecified atom stereocenters. The molecule has 222 valence electrons. The van der Waals surface area contributed by atoms with E-state index in [4.69, 9.17) is 26.2 Å². The third kappa shape index (κ3) is 7.32. The van der Waals surface area contributed by atoms with E-state index in [1.54, 1.807) is 37.9 Å². The summed E-state index contributed by atoms with van der Waals surface area (Å²) in [7, 11) is 0. The van der Waals surface area contributed by atoms with Gasteiger partial charge in [-0.1, -0.05) is 66.2 Å². The van der Waals surface area contributed by atoms with Crippen LogP contribution in [-0.2, 0) is 17.5 Å². The number of carbonyl (C=O) groups is 1. The molecule has 0 N–H and O–H groups in total. The molecule has 1 aliphatic rings. The normalized spacial score (nSPS) is 15.3. The van der Waals surface area contributed by atoms with E-state index in [9.17, 15) is 18.0 Å². The molecule has 0 bridgehead atoms. The number of hydrogen-bond donors (Lipinski definition) is 0. The molecule has 43 heavy (non-hydrogen) atoms. The van der Waals surface area contributed by atoms with Crippen LogP contribution in [-0.4, -0.2) is 33.8 Å². The summed E-state index contributed by atoms with van der Waals surface area (Å²) in [6, 6.07) is 21.8. The van der Waals surface area contributed by atoms with Gasteiger partial charge in [-0.25, -0.2) is 14.8 Å². The highest BCUT2D eigenvalue weighted by atomic mass is 35.5. The van der Waals surface area contributed by atoms with Crippen molar-refractivity contribution < 1.29 is 27.4 Å². The zero-order chi connectivity index (χ0) is 30.8. The van der Waals surface area contributed by atoms with Crippen LogP contribution in [0.15, 0.2) is 90.2 Å². The minimum absolute atomic E-state index is 0.0641. The van der Waals surface area contributed by atoms with Crippen LogP contribution < -0.4 is 9.75 Å². The Bertz CT molecular complexity index is 1640. The molecule has 0 radical (unpaired) electrons. The average Bonchev–Trinajstić information content (AvgIpc) is 3.41. The number of esters is 1. The highest BCUT2D eigenvalue weighted by molar-refractivity contribution is 6.30. The van der Waals surface area contributed by atoms with Crippen LogP contribution in [0.4, 0.5) is 19.0 Å². The first-order valence-corrected chi connectivity index (χ1v) is 13.8. The first-order valence-electron chi connectivity index (χ1n) is 13.4.